The van der Waals surface area contributed by atoms with Crippen LogP contribution in [0.2, 0.25) is 0 Å². The number of ether oxygens (including phenoxy) is 1. The van der Waals surface area contributed by atoms with Crippen LogP contribution < -0.4 is 10.2 Å². The van der Waals surface area contributed by atoms with Gasteiger partial charge in [-0.05, 0) is 60.2 Å². The smallest absolute Gasteiger partial charge is 0.435 e. The van der Waals surface area contributed by atoms with Crippen molar-refractivity contribution in [3.63, 3.8) is 0 Å². The topological polar surface area (TPSA) is 120 Å². The van der Waals surface area contributed by atoms with Crippen molar-refractivity contribution in [2.24, 2.45) is 5.92 Å². The van der Waals surface area contributed by atoms with Crippen molar-refractivity contribution in [2.75, 3.05) is 18.2 Å². The SMILES string of the molecule is N#Cc1cccc(-c2cccc(N(COCC3CC3)C(=O)c3cc(C(F)(F)F)nn3-c3cccc(CNC(=O)O)c3)c2F)c1. The van der Waals surface area contributed by atoms with E-state index in [0.29, 0.717) is 17.2 Å². The lowest BCUT2D eigenvalue weighted by Crippen LogP contribution is -2.35. The van der Waals surface area contributed by atoms with E-state index in [1.165, 1.54) is 42.5 Å². The third kappa shape index (κ3) is 6.87. The van der Waals surface area contributed by atoms with E-state index in [1.807, 2.05) is 6.07 Å². The quantitative estimate of drug-likeness (QED) is 0.160. The minimum Gasteiger partial charge on any atom is -0.465 e. The molecule has 5 rings (SSSR count). The molecule has 1 aliphatic rings. The first-order valence-electron chi connectivity index (χ1n) is 13.5. The number of halogens is 4. The molecule has 13 heteroatoms. The molecular formula is C31H25F4N5O4. The number of anilines is 1. The van der Waals surface area contributed by atoms with Gasteiger partial charge in [0.15, 0.2) is 11.5 Å². The summed E-state index contributed by atoms with van der Waals surface area (Å²) in [6, 6.07) is 18.9. The van der Waals surface area contributed by atoms with Crippen molar-refractivity contribution >= 4 is 17.7 Å². The molecule has 0 atom stereocenters. The van der Waals surface area contributed by atoms with E-state index in [1.54, 1.807) is 24.3 Å². The molecular weight excluding hydrogens is 582 g/mol. The van der Waals surface area contributed by atoms with Crippen LogP contribution in [-0.2, 0) is 17.5 Å². The number of benzene rings is 3. The van der Waals surface area contributed by atoms with Crippen LogP contribution in [-0.4, -0.2) is 40.2 Å². The fourth-order valence-electron chi connectivity index (χ4n) is 4.52. The monoisotopic (exact) mass is 607 g/mol. The summed E-state index contributed by atoms with van der Waals surface area (Å²) in [6.07, 6.45) is -4.34. The first-order chi connectivity index (χ1) is 21.0. The highest BCUT2D eigenvalue weighted by molar-refractivity contribution is 6.05. The van der Waals surface area contributed by atoms with E-state index in [9.17, 15) is 28.0 Å². The van der Waals surface area contributed by atoms with Crippen LogP contribution in [0.1, 0.15) is 40.2 Å². The molecule has 2 amide bonds. The first-order valence-corrected chi connectivity index (χ1v) is 13.5. The number of nitriles is 1. The average Bonchev–Trinajstić information content (AvgIpc) is 3.71. The second kappa shape index (κ2) is 12.6. The Hall–Kier alpha value is -5.22. The summed E-state index contributed by atoms with van der Waals surface area (Å²) in [5.74, 6) is -1.57. The molecule has 1 fully saturated rings. The maximum absolute atomic E-state index is 16.1. The number of aromatic nitrogens is 2. The lowest BCUT2D eigenvalue weighted by Gasteiger charge is -2.24. The van der Waals surface area contributed by atoms with Gasteiger partial charge in [-0.2, -0.15) is 23.5 Å². The molecule has 1 saturated carbocycles. The molecule has 1 aromatic heterocycles. The Morgan fingerprint density at radius 1 is 1.09 bits per heavy atom. The molecule has 0 spiro atoms. The van der Waals surface area contributed by atoms with E-state index in [4.69, 9.17) is 9.84 Å². The van der Waals surface area contributed by atoms with Crippen LogP contribution in [0.15, 0.2) is 72.8 Å². The summed E-state index contributed by atoms with van der Waals surface area (Å²) in [5, 5.41) is 24.0. The van der Waals surface area contributed by atoms with Crippen LogP contribution >= 0.6 is 0 Å². The molecule has 0 aliphatic heterocycles. The standard InChI is InChI=1S/C31H25F4N5O4/c32-28-24(22-6-1-4-20(12-22)15-36)8-3-9-25(28)39(18-44-17-19-10-11-19)29(41)26-14-27(31(33,34)35)38-40(26)23-7-2-5-21(13-23)16-37-30(42)43/h1-9,12-14,19,37H,10-11,16-18H2,(H,42,43). The van der Waals surface area contributed by atoms with E-state index >= 15 is 4.39 Å². The number of carbonyl (C=O) groups excluding carboxylic acids is 1. The zero-order chi connectivity index (χ0) is 31.4. The van der Waals surface area contributed by atoms with Crippen molar-refractivity contribution in [2.45, 2.75) is 25.6 Å². The molecule has 9 nitrogen and oxygen atoms in total. The third-order valence-corrected chi connectivity index (χ3v) is 6.91. The highest BCUT2D eigenvalue weighted by Gasteiger charge is 2.37. The third-order valence-electron chi connectivity index (χ3n) is 6.91. The number of amides is 2. The van der Waals surface area contributed by atoms with Gasteiger partial charge in [0.05, 0.1) is 29.6 Å². The zero-order valence-electron chi connectivity index (χ0n) is 23.0. The second-order valence-corrected chi connectivity index (χ2v) is 10.2. The second-order valence-electron chi connectivity index (χ2n) is 10.2. The van der Waals surface area contributed by atoms with Crippen molar-refractivity contribution in [1.82, 2.24) is 15.1 Å². The predicted octanol–water partition coefficient (Wildman–Crippen LogP) is 6.37. The number of hydrogen-bond donors (Lipinski definition) is 2. The van der Waals surface area contributed by atoms with Crippen LogP contribution in [0.3, 0.4) is 0 Å². The van der Waals surface area contributed by atoms with Crippen LogP contribution in [0.25, 0.3) is 16.8 Å². The summed E-state index contributed by atoms with van der Waals surface area (Å²) >= 11 is 0. The highest BCUT2D eigenvalue weighted by atomic mass is 19.4. The Morgan fingerprint density at radius 2 is 1.84 bits per heavy atom. The Morgan fingerprint density at radius 3 is 2.55 bits per heavy atom. The minimum atomic E-state index is -4.91. The summed E-state index contributed by atoms with van der Waals surface area (Å²) < 4.78 is 64.2. The maximum Gasteiger partial charge on any atom is 0.435 e. The lowest BCUT2D eigenvalue weighted by atomic mass is 10.0. The number of carbonyl (C=O) groups is 2. The molecule has 0 bridgehead atoms. The molecule has 1 aliphatic carbocycles. The summed E-state index contributed by atoms with van der Waals surface area (Å²) in [6.45, 7) is -0.323. The van der Waals surface area contributed by atoms with Crippen molar-refractivity contribution in [1.29, 1.82) is 5.26 Å². The van der Waals surface area contributed by atoms with E-state index < -0.39 is 42.1 Å². The number of nitrogens with zero attached hydrogens (tertiary/aromatic N) is 4. The van der Waals surface area contributed by atoms with Crippen molar-refractivity contribution in [3.8, 4) is 22.9 Å². The van der Waals surface area contributed by atoms with Gasteiger partial charge >= 0.3 is 12.3 Å². The molecule has 0 radical (unpaired) electrons. The summed E-state index contributed by atoms with van der Waals surface area (Å²) in [7, 11) is 0. The number of alkyl halides is 3. The molecule has 3 aromatic carbocycles. The van der Waals surface area contributed by atoms with Gasteiger partial charge in [-0.1, -0.05) is 36.4 Å². The lowest BCUT2D eigenvalue weighted by molar-refractivity contribution is -0.141. The van der Waals surface area contributed by atoms with Crippen LogP contribution in [0.5, 0.6) is 0 Å². The van der Waals surface area contributed by atoms with Crippen molar-refractivity contribution < 1.29 is 37.0 Å². The Bertz CT molecular complexity index is 1740. The van der Waals surface area contributed by atoms with Gasteiger partial charge in [0.1, 0.15) is 12.4 Å². The first kappa shape index (κ1) is 30.2. The Labute approximate surface area is 248 Å². The van der Waals surface area contributed by atoms with E-state index in [2.05, 4.69) is 10.4 Å². The number of nitrogens with one attached hydrogen (secondary N) is 1. The highest BCUT2D eigenvalue weighted by Crippen LogP contribution is 2.34. The molecule has 0 unspecified atom stereocenters. The zero-order valence-corrected chi connectivity index (χ0v) is 23.0. The van der Waals surface area contributed by atoms with Gasteiger partial charge in [-0.25, -0.2) is 13.9 Å². The number of rotatable bonds is 10. The molecule has 44 heavy (non-hydrogen) atoms. The number of carboxylic acid groups (broad SMARTS) is 1. The Balaban J connectivity index is 1.59. The van der Waals surface area contributed by atoms with E-state index in [-0.39, 0.29) is 41.6 Å². The van der Waals surface area contributed by atoms with E-state index in [0.717, 1.165) is 22.4 Å². The van der Waals surface area contributed by atoms with Gasteiger partial charge in [0.2, 0.25) is 0 Å². The fourth-order valence-corrected chi connectivity index (χ4v) is 4.52. The van der Waals surface area contributed by atoms with Crippen molar-refractivity contribution in [3.05, 3.63) is 101 Å². The van der Waals surface area contributed by atoms with Gasteiger partial charge in [-0.15, -0.1) is 0 Å². The molecule has 0 saturated heterocycles. The van der Waals surface area contributed by atoms with Gasteiger partial charge in [0, 0.05) is 18.2 Å². The van der Waals surface area contributed by atoms with Gasteiger partial charge < -0.3 is 15.2 Å². The maximum atomic E-state index is 16.1. The predicted molar refractivity (Wildman–Crippen MR) is 150 cm³/mol. The molecule has 2 N–H and O–H groups in total. The van der Waals surface area contributed by atoms with Gasteiger partial charge in [0.25, 0.3) is 5.91 Å². The fraction of sp³-hybridized carbons (Fsp3) is 0.226. The summed E-state index contributed by atoms with van der Waals surface area (Å²) in [4.78, 5) is 25.9. The molecule has 4 aromatic rings. The Kier molecular flexibility index (Phi) is 8.64. The number of hydrogen-bond acceptors (Lipinski definition) is 5. The molecule has 1 heterocycles. The summed E-state index contributed by atoms with van der Waals surface area (Å²) in [5.41, 5.74) is -0.939. The van der Waals surface area contributed by atoms with Crippen LogP contribution in [0, 0.1) is 23.1 Å². The largest absolute Gasteiger partial charge is 0.465 e. The average molecular weight is 608 g/mol. The van der Waals surface area contributed by atoms with Gasteiger partial charge in [-0.3, -0.25) is 9.69 Å². The molecule has 226 valence electrons. The minimum absolute atomic E-state index is 0.0509. The normalized spacial score (nSPS) is 12.9. The van der Waals surface area contributed by atoms with Crippen LogP contribution in [0.4, 0.5) is 28.0 Å².